The number of hydrogen-bond acceptors (Lipinski definition) is 5. The van der Waals surface area contributed by atoms with Crippen LogP contribution in [0.15, 0.2) is 58.9 Å². The van der Waals surface area contributed by atoms with Crippen molar-refractivity contribution in [2.45, 2.75) is 28.5 Å². The van der Waals surface area contributed by atoms with Crippen molar-refractivity contribution in [3.63, 3.8) is 0 Å². The van der Waals surface area contributed by atoms with Gasteiger partial charge in [0.05, 0.1) is 16.3 Å². The number of thiazole rings is 1. The van der Waals surface area contributed by atoms with Crippen molar-refractivity contribution in [2.24, 2.45) is 0 Å². The molecule has 1 N–H and O–H groups in total. The predicted molar refractivity (Wildman–Crippen MR) is 107 cm³/mol. The number of nitrogens with one attached hydrogen (secondary N) is 1. The molecular formula is C20H20N2O2S2. The molecule has 0 saturated carbocycles. The summed E-state index contributed by atoms with van der Waals surface area (Å²) in [7, 11) is 0. The van der Waals surface area contributed by atoms with Crippen LogP contribution < -0.4 is 5.32 Å². The van der Waals surface area contributed by atoms with Gasteiger partial charge in [-0.05, 0) is 30.5 Å². The van der Waals surface area contributed by atoms with Gasteiger partial charge in [0.15, 0.2) is 4.34 Å². The molecule has 4 nitrogen and oxygen atoms in total. The normalized spacial score (nSPS) is 18.1. The summed E-state index contributed by atoms with van der Waals surface area (Å²) in [5, 5.41) is 2.75. The van der Waals surface area contributed by atoms with Gasteiger partial charge in [0, 0.05) is 13.2 Å². The van der Waals surface area contributed by atoms with Gasteiger partial charge in [-0.3, -0.25) is 4.79 Å². The second kappa shape index (κ2) is 8.20. The summed E-state index contributed by atoms with van der Waals surface area (Å²) in [5.41, 5.74) is 1.97. The van der Waals surface area contributed by atoms with E-state index in [4.69, 9.17) is 4.74 Å². The number of hydrogen-bond donors (Lipinski definition) is 1. The highest BCUT2D eigenvalue weighted by Gasteiger charge is 2.25. The number of aromatic nitrogens is 1. The minimum absolute atomic E-state index is 0.0101. The third-order valence-electron chi connectivity index (χ3n) is 4.36. The average Bonchev–Trinajstić information content (AvgIpc) is 3.34. The van der Waals surface area contributed by atoms with Crippen LogP contribution in [0, 0.1) is 0 Å². The minimum atomic E-state index is -0.321. The van der Waals surface area contributed by atoms with E-state index in [1.165, 1.54) is 11.8 Å². The fourth-order valence-electron chi connectivity index (χ4n) is 3.02. The first-order valence-electron chi connectivity index (χ1n) is 8.76. The Bertz CT molecular complexity index is 843. The van der Waals surface area contributed by atoms with Crippen molar-refractivity contribution in [3.8, 4) is 0 Å². The summed E-state index contributed by atoms with van der Waals surface area (Å²) in [4.78, 5) is 17.6. The molecule has 1 aliphatic rings. The molecule has 0 unspecified atom stereocenters. The molecule has 1 amide bonds. The van der Waals surface area contributed by atoms with E-state index in [1.807, 2.05) is 48.5 Å². The van der Waals surface area contributed by atoms with Crippen LogP contribution >= 0.6 is 23.1 Å². The van der Waals surface area contributed by atoms with Gasteiger partial charge >= 0.3 is 0 Å². The predicted octanol–water partition coefficient (Wildman–Crippen LogP) is 4.42. The van der Waals surface area contributed by atoms with Crippen molar-refractivity contribution >= 4 is 39.2 Å². The monoisotopic (exact) mass is 384 g/mol. The Labute approximate surface area is 161 Å². The molecule has 1 aromatic heterocycles. The van der Waals surface area contributed by atoms with Crippen LogP contribution in [0.3, 0.4) is 0 Å². The first kappa shape index (κ1) is 17.5. The third kappa shape index (κ3) is 4.09. The number of carbonyl (C=O) groups excluding carboxylic acids is 1. The SMILES string of the molecule is O=C(NC[C@@H]1CCCO1)[C@H](Sc1nc2ccccc2s1)c1ccccc1. The molecule has 1 aliphatic heterocycles. The molecule has 26 heavy (non-hydrogen) atoms. The highest BCUT2D eigenvalue weighted by Crippen LogP contribution is 2.39. The van der Waals surface area contributed by atoms with Gasteiger partial charge < -0.3 is 10.1 Å². The third-order valence-corrected chi connectivity index (χ3v) is 6.75. The molecule has 134 valence electrons. The first-order valence-corrected chi connectivity index (χ1v) is 10.5. The molecule has 3 aromatic rings. The van der Waals surface area contributed by atoms with Crippen molar-refractivity contribution in [3.05, 3.63) is 60.2 Å². The Morgan fingerprint density at radius 3 is 2.81 bits per heavy atom. The molecular weight excluding hydrogens is 364 g/mol. The number of amides is 1. The topological polar surface area (TPSA) is 51.2 Å². The molecule has 0 bridgehead atoms. The molecule has 4 rings (SSSR count). The summed E-state index contributed by atoms with van der Waals surface area (Å²) < 4.78 is 7.67. The van der Waals surface area contributed by atoms with Gasteiger partial charge in [-0.25, -0.2) is 4.98 Å². The molecule has 6 heteroatoms. The van der Waals surface area contributed by atoms with Crippen LogP contribution in [0.5, 0.6) is 0 Å². The molecule has 0 spiro atoms. The van der Waals surface area contributed by atoms with E-state index in [0.717, 1.165) is 39.6 Å². The summed E-state index contributed by atoms with van der Waals surface area (Å²) in [5.74, 6) is 0.0101. The van der Waals surface area contributed by atoms with Gasteiger partial charge in [0.25, 0.3) is 0 Å². The van der Waals surface area contributed by atoms with Crippen LogP contribution in [-0.4, -0.2) is 30.1 Å². The summed E-state index contributed by atoms with van der Waals surface area (Å²) >= 11 is 3.14. The number of carbonyl (C=O) groups is 1. The second-order valence-electron chi connectivity index (χ2n) is 6.24. The summed E-state index contributed by atoms with van der Waals surface area (Å²) in [6.07, 6.45) is 2.23. The lowest BCUT2D eigenvalue weighted by Crippen LogP contribution is -2.34. The smallest absolute Gasteiger partial charge is 0.238 e. The zero-order valence-electron chi connectivity index (χ0n) is 14.3. The number of ether oxygens (including phenoxy) is 1. The van der Waals surface area contributed by atoms with Gasteiger partial charge in [-0.2, -0.15) is 0 Å². The van der Waals surface area contributed by atoms with Crippen molar-refractivity contribution in [1.29, 1.82) is 0 Å². The van der Waals surface area contributed by atoms with E-state index in [1.54, 1.807) is 11.3 Å². The van der Waals surface area contributed by atoms with E-state index < -0.39 is 0 Å². The Hall–Kier alpha value is -1.89. The minimum Gasteiger partial charge on any atom is -0.376 e. The van der Waals surface area contributed by atoms with E-state index >= 15 is 0 Å². The maximum Gasteiger partial charge on any atom is 0.238 e. The van der Waals surface area contributed by atoms with Crippen LogP contribution in [0.1, 0.15) is 23.7 Å². The molecule has 1 fully saturated rings. The Morgan fingerprint density at radius 1 is 1.23 bits per heavy atom. The van der Waals surface area contributed by atoms with Gasteiger partial charge in [0.2, 0.25) is 5.91 Å². The first-order chi connectivity index (χ1) is 12.8. The van der Waals surface area contributed by atoms with Gasteiger partial charge in [-0.15, -0.1) is 11.3 Å². The number of nitrogens with zero attached hydrogens (tertiary/aromatic N) is 1. The van der Waals surface area contributed by atoms with E-state index in [-0.39, 0.29) is 17.3 Å². The highest BCUT2D eigenvalue weighted by atomic mass is 32.2. The highest BCUT2D eigenvalue weighted by molar-refractivity contribution is 8.02. The number of thioether (sulfide) groups is 1. The van der Waals surface area contributed by atoms with Crippen molar-refractivity contribution < 1.29 is 9.53 Å². The van der Waals surface area contributed by atoms with Crippen LogP contribution in [0.4, 0.5) is 0 Å². The molecule has 0 aliphatic carbocycles. The van der Waals surface area contributed by atoms with E-state index in [2.05, 4.69) is 16.4 Å². The Morgan fingerprint density at radius 2 is 2.04 bits per heavy atom. The molecule has 1 saturated heterocycles. The maximum atomic E-state index is 12.9. The molecule has 0 radical (unpaired) electrons. The molecule has 2 atom stereocenters. The standard InChI is InChI=1S/C20H20N2O2S2/c23-19(21-13-15-9-6-12-24-15)18(14-7-2-1-3-8-14)26-20-22-16-10-4-5-11-17(16)25-20/h1-5,7-8,10-11,15,18H,6,9,12-13H2,(H,21,23)/t15-,18+/m0/s1. The lowest BCUT2D eigenvalue weighted by atomic mass is 10.1. The molecule has 2 heterocycles. The van der Waals surface area contributed by atoms with Gasteiger partial charge in [-0.1, -0.05) is 54.2 Å². The summed E-state index contributed by atoms with van der Waals surface area (Å²) in [6, 6.07) is 18.0. The van der Waals surface area contributed by atoms with E-state index in [9.17, 15) is 4.79 Å². The number of rotatable bonds is 6. The summed E-state index contributed by atoms with van der Waals surface area (Å²) in [6.45, 7) is 1.37. The van der Waals surface area contributed by atoms with Gasteiger partial charge in [0.1, 0.15) is 5.25 Å². The zero-order valence-corrected chi connectivity index (χ0v) is 15.9. The Balaban J connectivity index is 1.53. The van der Waals surface area contributed by atoms with Crippen LogP contribution in [-0.2, 0) is 9.53 Å². The number of fused-ring (bicyclic) bond motifs is 1. The Kier molecular flexibility index (Phi) is 5.53. The average molecular weight is 385 g/mol. The lowest BCUT2D eigenvalue weighted by molar-refractivity contribution is -0.121. The fraction of sp³-hybridized carbons (Fsp3) is 0.300. The largest absolute Gasteiger partial charge is 0.376 e. The van der Waals surface area contributed by atoms with Crippen LogP contribution in [0.25, 0.3) is 10.2 Å². The number of benzene rings is 2. The molecule has 2 aromatic carbocycles. The van der Waals surface area contributed by atoms with E-state index in [0.29, 0.717) is 6.54 Å². The van der Waals surface area contributed by atoms with Crippen molar-refractivity contribution in [1.82, 2.24) is 10.3 Å². The second-order valence-corrected chi connectivity index (χ2v) is 8.62. The maximum absolute atomic E-state index is 12.9. The van der Waals surface area contributed by atoms with Crippen molar-refractivity contribution in [2.75, 3.05) is 13.2 Å². The lowest BCUT2D eigenvalue weighted by Gasteiger charge is -2.17. The fourth-order valence-corrected chi connectivity index (χ4v) is 5.30. The zero-order chi connectivity index (χ0) is 17.8. The van der Waals surface area contributed by atoms with Crippen LogP contribution in [0.2, 0.25) is 0 Å². The number of para-hydroxylation sites is 1. The quantitative estimate of drug-likeness (QED) is 0.639.